The van der Waals surface area contributed by atoms with Crippen molar-refractivity contribution >= 4 is 31.6 Å². The third kappa shape index (κ3) is 3.38. The number of hydrogen-bond donors (Lipinski definition) is 0. The molecule has 2 aromatic heterocycles. The predicted octanol–water partition coefficient (Wildman–Crippen LogP) is 4.39. The molecule has 32 heavy (non-hydrogen) atoms. The number of pyridine rings is 1. The number of imidazole rings is 1. The summed E-state index contributed by atoms with van der Waals surface area (Å²) in [5, 5.41) is 1.45. The minimum atomic E-state index is -4.74. The fraction of sp³-hybridized carbons (Fsp3) is 0.273. The van der Waals surface area contributed by atoms with Crippen molar-refractivity contribution in [3.63, 3.8) is 0 Å². The highest BCUT2D eigenvalue weighted by molar-refractivity contribution is 7.91. The molecule has 0 atom stereocenters. The van der Waals surface area contributed by atoms with Crippen molar-refractivity contribution in [2.45, 2.75) is 31.5 Å². The fourth-order valence-corrected chi connectivity index (χ4v) is 5.02. The van der Waals surface area contributed by atoms with Crippen LogP contribution in [0.15, 0.2) is 52.2 Å². The first-order valence-electron chi connectivity index (χ1n) is 9.93. The van der Waals surface area contributed by atoms with Crippen molar-refractivity contribution in [1.82, 2.24) is 14.1 Å². The normalized spacial score (nSPS) is 12.7. The number of rotatable bonds is 4. The largest absolute Gasteiger partial charge is 0.431 e. The van der Waals surface area contributed by atoms with Crippen LogP contribution in [0.5, 0.6) is 0 Å². The van der Waals surface area contributed by atoms with Crippen LogP contribution in [0, 0.1) is 0 Å². The van der Waals surface area contributed by atoms with Gasteiger partial charge in [-0.2, -0.15) is 13.2 Å². The van der Waals surface area contributed by atoms with E-state index in [1.807, 2.05) is 0 Å². The molecule has 4 aromatic rings. The van der Waals surface area contributed by atoms with Crippen LogP contribution >= 0.6 is 0 Å². The number of nitrogens with zero attached hydrogens (tertiary/aromatic N) is 3. The summed E-state index contributed by atoms with van der Waals surface area (Å²) in [7, 11) is -2.20. The van der Waals surface area contributed by atoms with Crippen LogP contribution in [0.2, 0.25) is 0 Å². The zero-order valence-electron chi connectivity index (χ0n) is 17.6. The van der Waals surface area contributed by atoms with E-state index in [0.29, 0.717) is 9.95 Å². The van der Waals surface area contributed by atoms with E-state index in [2.05, 4.69) is 4.98 Å². The van der Waals surface area contributed by atoms with E-state index in [1.165, 1.54) is 31.5 Å². The minimum absolute atomic E-state index is 0.0176. The second kappa shape index (κ2) is 7.47. The molecule has 0 aliphatic carbocycles. The van der Waals surface area contributed by atoms with Gasteiger partial charge in [0.25, 0.3) is 5.56 Å². The lowest BCUT2D eigenvalue weighted by molar-refractivity contribution is -0.144. The lowest BCUT2D eigenvalue weighted by Gasteiger charge is -2.14. The van der Waals surface area contributed by atoms with Crippen molar-refractivity contribution < 1.29 is 21.6 Å². The Kier molecular flexibility index (Phi) is 5.15. The van der Waals surface area contributed by atoms with Gasteiger partial charge in [-0.1, -0.05) is 31.2 Å². The van der Waals surface area contributed by atoms with E-state index in [4.69, 9.17) is 0 Å². The predicted molar refractivity (Wildman–Crippen MR) is 116 cm³/mol. The third-order valence-electron chi connectivity index (χ3n) is 5.54. The number of hydrogen-bond acceptors (Lipinski definition) is 4. The molecule has 6 nitrogen and oxygen atoms in total. The summed E-state index contributed by atoms with van der Waals surface area (Å²) in [6.07, 6.45) is -4.74. The van der Waals surface area contributed by atoms with E-state index in [9.17, 15) is 26.4 Å². The molecule has 0 unspecified atom stereocenters. The Morgan fingerprint density at radius 1 is 1.03 bits per heavy atom. The second-order valence-electron chi connectivity index (χ2n) is 7.40. The maximum atomic E-state index is 13.5. The van der Waals surface area contributed by atoms with Crippen LogP contribution in [0.1, 0.15) is 19.5 Å². The van der Waals surface area contributed by atoms with Gasteiger partial charge >= 0.3 is 6.18 Å². The molecule has 0 saturated carbocycles. The molecule has 0 saturated heterocycles. The monoisotopic (exact) mass is 463 g/mol. The van der Waals surface area contributed by atoms with Gasteiger partial charge in [0, 0.05) is 19.2 Å². The molecule has 2 heterocycles. The van der Waals surface area contributed by atoms with Crippen molar-refractivity contribution in [1.29, 1.82) is 0 Å². The van der Waals surface area contributed by atoms with E-state index in [-0.39, 0.29) is 39.6 Å². The van der Waals surface area contributed by atoms with Crippen LogP contribution in [0.4, 0.5) is 13.2 Å². The third-order valence-corrected chi connectivity index (χ3v) is 7.31. The first-order chi connectivity index (χ1) is 15.0. The van der Waals surface area contributed by atoms with E-state index in [1.54, 1.807) is 30.3 Å². The summed E-state index contributed by atoms with van der Waals surface area (Å²) in [5.74, 6) is -0.0553. The second-order valence-corrected chi connectivity index (χ2v) is 9.65. The summed E-state index contributed by atoms with van der Waals surface area (Å²) in [6.45, 7) is 2.79. The van der Waals surface area contributed by atoms with Crippen molar-refractivity contribution in [3.8, 4) is 11.4 Å². The molecule has 10 heteroatoms. The van der Waals surface area contributed by atoms with Crippen LogP contribution < -0.4 is 5.56 Å². The van der Waals surface area contributed by atoms with E-state index < -0.39 is 27.3 Å². The number of sulfone groups is 1. The molecule has 0 amide bonds. The summed E-state index contributed by atoms with van der Waals surface area (Å²) in [4.78, 5) is 17.2. The maximum Gasteiger partial charge on any atom is 0.431 e. The number of benzene rings is 2. The highest BCUT2D eigenvalue weighted by atomic mass is 32.2. The summed E-state index contributed by atoms with van der Waals surface area (Å²) in [5.41, 5.74) is -1.86. The number of aromatic nitrogens is 3. The molecular formula is C22H20F3N3O3S. The first-order valence-corrected chi connectivity index (χ1v) is 11.6. The molecule has 2 aromatic carbocycles. The van der Waals surface area contributed by atoms with Gasteiger partial charge in [-0.05, 0) is 35.9 Å². The maximum absolute atomic E-state index is 13.5. The van der Waals surface area contributed by atoms with E-state index >= 15 is 0 Å². The highest BCUT2D eigenvalue weighted by Gasteiger charge is 2.36. The van der Waals surface area contributed by atoms with Gasteiger partial charge in [-0.25, -0.2) is 13.4 Å². The highest BCUT2D eigenvalue weighted by Crippen LogP contribution is 2.35. The quantitative estimate of drug-likeness (QED) is 0.450. The number of fused-ring (bicyclic) bond motifs is 2. The average molecular weight is 463 g/mol. The van der Waals surface area contributed by atoms with Crippen molar-refractivity contribution in [3.05, 3.63) is 58.5 Å². The fourth-order valence-electron chi connectivity index (χ4n) is 3.91. The van der Waals surface area contributed by atoms with Gasteiger partial charge in [0.05, 0.1) is 16.2 Å². The summed E-state index contributed by atoms with van der Waals surface area (Å²) >= 11 is 0. The standard InChI is InChI=1S/C22H20F3N3O3S/c1-4-28-18(22(23,24)25)12-16-19(21(28)29)27(3)20(26-16)15-10-13-8-6-7-9-14(13)11-17(15)32(30,31)5-2/h6-12H,4-5H2,1-3H3. The zero-order valence-corrected chi connectivity index (χ0v) is 18.4. The number of halogens is 3. The molecule has 4 rings (SSSR count). The number of aryl methyl sites for hydroxylation is 1. The molecule has 0 aliphatic rings. The van der Waals surface area contributed by atoms with Crippen molar-refractivity contribution in [2.75, 3.05) is 5.75 Å². The Morgan fingerprint density at radius 3 is 2.22 bits per heavy atom. The topological polar surface area (TPSA) is 74.0 Å². The molecule has 0 spiro atoms. The van der Waals surface area contributed by atoms with Gasteiger partial charge in [0.1, 0.15) is 17.0 Å². The molecule has 168 valence electrons. The Morgan fingerprint density at radius 2 is 1.66 bits per heavy atom. The first kappa shape index (κ1) is 22.1. The van der Waals surface area contributed by atoms with Crippen LogP contribution in [0.25, 0.3) is 33.2 Å². The molecular weight excluding hydrogens is 443 g/mol. The van der Waals surface area contributed by atoms with Gasteiger partial charge in [0.2, 0.25) is 0 Å². The molecule has 0 aliphatic heterocycles. The smallest absolute Gasteiger partial charge is 0.323 e. The van der Waals surface area contributed by atoms with Crippen molar-refractivity contribution in [2.24, 2.45) is 7.05 Å². The van der Waals surface area contributed by atoms with Gasteiger partial charge < -0.3 is 9.13 Å². The molecule has 0 fully saturated rings. The zero-order chi connectivity index (χ0) is 23.4. The van der Waals surface area contributed by atoms with Crippen LogP contribution in [-0.4, -0.2) is 28.3 Å². The SMILES string of the molecule is CCn1c(C(F)(F)F)cc2nc(-c3cc4ccccc4cc3S(=O)(=O)CC)n(C)c2c1=O. The lowest BCUT2D eigenvalue weighted by Crippen LogP contribution is -2.28. The van der Waals surface area contributed by atoms with Crippen LogP contribution in [-0.2, 0) is 29.6 Å². The molecule has 0 N–H and O–H groups in total. The summed E-state index contributed by atoms with van der Waals surface area (Å²) < 4.78 is 68.4. The van der Waals surface area contributed by atoms with Gasteiger partial charge in [0.15, 0.2) is 9.84 Å². The minimum Gasteiger partial charge on any atom is -0.323 e. The Bertz CT molecular complexity index is 1530. The molecule has 0 radical (unpaired) electrons. The molecule has 0 bridgehead atoms. The average Bonchev–Trinajstić information content (AvgIpc) is 3.08. The summed E-state index contributed by atoms with van der Waals surface area (Å²) in [6, 6.07) is 11.2. The van der Waals surface area contributed by atoms with E-state index in [0.717, 1.165) is 11.5 Å². The number of alkyl halides is 3. The van der Waals surface area contributed by atoms with Gasteiger partial charge in [-0.15, -0.1) is 0 Å². The Labute approximate surface area is 181 Å². The van der Waals surface area contributed by atoms with Crippen LogP contribution in [0.3, 0.4) is 0 Å². The Hall–Kier alpha value is -3.14. The lowest BCUT2D eigenvalue weighted by atomic mass is 10.1. The van der Waals surface area contributed by atoms with Gasteiger partial charge in [-0.3, -0.25) is 4.79 Å². The Balaban J connectivity index is 2.13.